The van der Waals surface area contributed by atoms with Gasteiger partial charge in [0.1, 0.15) is 35.5 Å². The Hall–Kier alpha value is -4.15. The monoisotopic (exact) mass is 576 g/mol. The summed E-state index contributed by atoms with van der Waals surface area (Å²) in [4.78, 5) is 12.7. The van der Waals surface area contributed by atoms with E-state index in [9.17, 15) is 10.1 Å². The SMILES string of the molecule is N#CC1=C(N)Oc2cc(OC(=O)c3ccc(Cl)cc3Cl)ccc2C1c1ccc(OCc2ccccc2Cl)cc1. The maximum atomic E-state index is 12.7. The van der Waals surface area contributed by atoms with Crippen LogP contribution >= 0.6 is 34.8 Å². The molecule has 9 heteroatoms. The van der Waals surface area contributed by atoms with E-state index in [4.69, 9.17) is 54.7 Å². The predicted octanol–water partition coefficient (Wildman–Crippen LogP) is 7.66. The lowest BCUT2D eigenvalue weighted by Crippen LogP contribution is -2.21. The van der Waals surface area contributed by atoms with Crippen LogP contribution in [0, 0.1) is 11.3 Å². The molecule has 2 N–H and O–H groups in total. The molecule has 1 aliphatic heterocycles. The minimum atomic E-state index is -0.655. The minimum Gasteiger partial charge on any atom is -0.489 e. The van der Waals surface area contributed by atoms with E-state index in [0.29, 0.717) is 33.7 Å². The van der Waals surface area contributed by atoms with Crippen molar-refractivity contribution < 1.29 is 19.0 Å². The number of esters is 1. The van der Waals surface area contributed by atoms with Gasteiger partial charge in [-0.15, -0.1) is 0 Å². The first-order chi connectivity index (χ1) is 18.8. The lowest BCUT2D eigenvalue weighted by atomic mass is 9.83. The molecular weight excluding hydrogens is 559 g/mol. The van der Waals surface area contributed by atoms with Crippen molar-refractivity contribution in [3.05, 3.63) is 134 Å². The highest BCUT2D eigenvalue weighted by Crippen LogP contribution is 2.43. The van der Waals surface area contributed by atoms with Crippen molar-refractivity contribution in [1.29, 1.82) is 5.26 Å². The summed E-state index contributed by atoms with van der Waals surface area (Å²) in [5.74, 6) is 0.0512. The zero-order valence-electron chi connectivity index (χ0n) is 20.2. The number of allylic oxidation sites excluding steroid dienone is 1. The van der Waals surface area contributed by atoms with Gasteiger partial charge in [-0.1, -0.05) is 71.2 Å². The molecule has 0 bridgehead atoms. The van der Waals surface area contributed by atoms with Crippen molar-refractivity contribution in [2.75, 3.05) is 0 Å². The molecule has 4 aromatic carbocycles. The Morgan fingerprint density at radius 3 is 2.38 bits per heavy atom. The van der Waals surface area contributed by atoms with E-state index in [-0.39, 0.29) is 27.8 Å². The second kappa shape index (κ2) is 11.3. The molecule has 194 valence electrons. The summed E-state index contributed by atoms with van der Waals surface area (Å²) in [6, 6.07) is 26.4. The van der Waals surface area contributed by atoms with Crippen LogP contribution in [0.2, 0.25) is 15.1 Å². The molecule has 0 saturated heterocycles. The number of carbonyl (C=O) groups is 1. The summed E-state index contributed by atoms with van der Waals surface area (Å²) < 4.78 is 17.1. The molecule has 0 saturated carbocycles. The number of hydrogen-bond donors (Lipinski definition) is 1. The number of fused-ring (bicyclic) bond motifs is 1. The standard InChI is InChI=1S/C30H19Cl3N2O4/c31-19-7-11-22(26(33)13-19)30(36)38-21-10-12-23-27(14-21)39-29(35)24(15-34)28(23)17-5-8-20(9-6-17)37-16-18-3-1-2-4-25(18)32/h1-14,28H,16,35H2. The molecule has 0 amide bonds. The molecule has 1 unspecified atom stereocenters. The van der Waals surface area contributed by atoms with Gasteiger partial charge in [-0.05, 0) is 48.0 Å². The van der Waals surface area contributed by atoms with Crippen LogP contribution < -0.4 is 19.9 Å². The van der Waals surface area contributed by atoms with Crippen LogP contribution in [0.15, 0.2) is 96.4 Å². The van der Waals surface area contributed by atoms with Crippen molar-refractivity contribution in [2.45, 2.75) is 12.5 Å². The molecule has 1 aliphatic rings. The molecule has 0 fully saturated rings. The van der Waals surface area contributed by atoms with Gasteiger partial charge >= 0.3 is 5.97 Å². The zero-order chi connectivity index (χ0) is 27.5. The summed E-state index contributed by atoms with van der Waals surface area (Å²) in [5, 5.41) is 11.1. The van der Waals surface area contributed by atoms with Crippen molar-refractivity contribution >= 4 is 40.8 Å². The second-order valence-electron chi connectivity index (χ2n) is 8.59. The summed E-state index contributed by atoms with van der Waals surface area (Å²) in [5.41, 5.74) is 8.93. The average Bonchev–Trinajstić information content (AvgIpc) is 2.92. The van der Waals surface area contributed by atoms with Gasteiger partial charge in [-0.3, -0.25) is 0 Å². The zero-order valence-corrected chi connectivity index (χ0v) is 22.4. The molecule has 1 heterocycles. The molecule has 6 nitrogen and oxygen atoms in total. The van der Waals surface area contributed by atoms with Crippen molar-refractivity contribution in [3.8, 4) is 23.3 Å². The number of nitrogens with zero attached hydrogens (tertiary/aromatic N) is 1. The van der Waals surface area contributed by atoms with Gasteiger partial charge in [0, 0.05) is 27.2 Å². The Morgan fingerprint density at radius 2 is 1.67 bits per heavy atom. The van der Waals surface area contributed by atoms with Crippen LogP contribution in [0.3, 0.4) is 0 Å². The number of benzene rings is 4. The Bertz CT molecular complexity index is 1650. The van der Waals surface area contributed by atoms with E-state index in [1.165, 1.54) is 12.1 Å². The highest BCUT2D eigenvalue weighted by Gasteiger charge is 2.31. The van der Waals surface area contributed by atoms with Gasteiger partial charge in [0.05, 0.1) is 16.5 Å². The molecule has 4 aromatic rings. The first-order valence-electron chi connectivity index (χ1n) is 11.7. The summed E-state index contributed by atoms with van der Waals surface area (Å²) in [6.45, 7) is 0.318. The van der Waals surface area contributed by atoms with Crippen molar-refractivity contribution in [2.24, 2.45) is 5.73 Å². The third kappa shape index (κ3) is 5.67. The topological polar surface area (TPSA) is 94.6 Å². The smallest absolute Gasteiger partial charge is 0.345 e. The normalized spacial score (nSPS) is 14.2. The number of halogens is 3. The number of nitrogens with two attached hydrogens (primary N) is 1. The first-order valence-corrected chi connectivity index (χ1v) is 12.8. The molecule has 0 radical (unpaired) electrons. The second-order valence-corrected chi connectivity index (χ2v) is 9.84. The lowest BCUT2D eigenvalue weighted by molar-refractivity contribution is 0.0734. The first kappa shape index (κ1) is 26.5. The summed E-state index contributed by atoms with van der Waals surface area (Å²) >= 11 is 18.3. The van der Waals surface area contributed by atoms with Crippen LogP contribution in [0.25, 0.3) is 0 Å². The van der Waals surface area contributed by atoms with E-state index >= 15 is 0 Å². The van der Waals surface area contributed by atoms with Gasteiger partial charge in [-0.2, -0.15) is 5.26 Å². The highest BCUT2D eigenvalue weighted by molar-refractivity contribution is 6.36. The summed E-state index contributed by atoms with van der Waals surface area (Å²) in [7, 11) is 0. The van der Waals surface area contributed by atoms with Gasteiger partial charge < -0.3 is 19.9 Å². The molecule has 0 spiro atoms. The van der Waals surface area contributed by atoms with Crippen molar-refractivity contribution in [1.82, 2.24) is 0 Å². The number of ether oxygens (including phenoxy) is 3. The third-order valence-electron chi connectivity index (χ3n) is 6.12. The average molecular weight is 578 g/mol. The van der Waals surface area contributed by atoms with Gasteiger partial charge in [0.25, 0.3) is 0 Å². The maximum Gasteiger partial charge on any atom is 0.345 e. The van der Waals surface area contributed by atoms with E-state index in [1.54, 1.807) is 24.3 Å². The number of rotatable bonds is 6. The Balaban J connectivity index is 1.39. The van der Waals surface area contributed by atoms with Crippen LogP contribution in [0.4, 0.5) is 0 Å². The predicted molar refractivity (Wildman–Crippen MR) is 149 cm³/mol. The van der Waals surface area contributed by atoms with Crippen LogP contribution in [0.1, 0.15) is 33.0 Å². The Labute approximate surface area is 239 Å². The largest absolute Gasteiger partial charge is 0.489 e. The van der Waals surface area contributed by atoms with E-state index in [2.05, 4.69) is 6.07 Å². The Kier molecular flexibility index (Phi) is 7.67. The quantitative estimate of drug-likeness (QED) is 0.187. The fourth-order valence-corrected chi connectivity index (χ4v) is 4.87. The summed E-state index contributed by atoms with van der Waals surface area (Å²) in [6.07, 6.45) is 0. The third-order valence-corrected chi connectivity index (χ3v) is 7.03. The van der Waals surface area contributed by atoms with E-state index in [1.807, 2.05) is 48.5 Å². The minimum absolute atomic E-state index is 0.0294. The molecule has 0 aromatic heterocycles. The van der Waals surface area contributed by atoms with E-state index < -0.39 is 11.9 Å². The van der Waals surface area contributed by atoms with E-state index in [0.717, 1.165) is 11.1 Å². The van der Waals surface area contributed by atoms with Crippen LogP contribution in [-0.4, -0.2) is 5.97 Å². The van der Waals surface area contributed by atoms with Crippen molar-refractivity contribution in [3.63, 3.8) is 0 Å². The fourth-order valence-electron chi connectivity index (χ4n) is 4.19. The number of hydrogen-bond acceptors (Lipinski definition) is 6. The lowest BCUT2D eigenvalue weighted by Gasteiger charge is -2.27. The fraction of sp³-hybridized carbons (Fsp3) is 0.0667. The molecular formula is C30H19Cl3N2O4. The highest BCUT2D eigenvalue weighted by atomic mass is 35.5. The van der Waals surface area contributed by atoms with Gasteiger partial charge in [0.2, 0.25) is 5.88 Å². The van der Waals surface area contributed by atoms with Crippen LogP contribution in [0.5, 0.6) is 17.2 Å². The molecule has 0 aliphatic carbocycles. The molecule has 5 rings (SSSR count). The maximum absolute atomic E-state index is 12.7. The van der Waals surface area contributed by atoms with Gasteiger partial charge in [-0.25, -0.2) is 4.79 Å². The number of carbonyl (C=O) groups excluding carboxylic acids is 1. The van der Waals surface area contributed by atoms with Gasteiger partial charge in [0.15, 0.2) is 0 Å². The molecule has 1 atom stereocenters. The number of nitriles is 1. The Morgan fingerprint density at radius 1 is 0.923 bits per heavy atom. The molecule has 39 heavy (non-hydrogen) atoms. The van der Waals surface area contributed by atoms with Crippen LogP contribution in [-0.2, 0) is 6.61 Å².